The summed E-state index contributed by atoms with van der Waals surface area (Å²) in [5.41, 5.74) is 15.2. The predicted octanol–water partition coefficient (Wildman–Crippen LogP) is 1.83. The van der Waals surface area contributed by atoms with E-state index in [1.807, 2.05) is 0 Å². The summed E-state index contributed by atoms with van der Waals surface area (Å²) in [6.07, 6.45) is 0. The molecule has 1 aromatic rings. The minimum atomic E-state index is -4.51. The van der Waals surface area contributed by atoms with Gasteiger partial charge in [0, 0.05) is 0 Å². The zero-order chi connectivity index (χ0) is 17.2. The van der Waals surface area contributed by atoms with Crippen molar-refractivity contribution in [1.29, 1.82) is 11.0 Å². The van der Waals surface area contributed by atoms with Crippen LogP contribution >= 0.6 is 0 Å². The summed E-state index contributed by atoms with van der Waals surface area (Å²) in [7, 11) is -3.01. The highest BCUT2D eigenvalue weighted by molar-refractivity contribution is 7.85. The second-order valence-electron chi connectivity index (χ2n) is 2.97. The quantitative estimate of drug-likeness (QED) is 0.312. The number of benzene rings is 1. The van der Waals surface area contributed by atoms with Crippen molar-refractivity contribution in [2.24, 2.45) is 26.2 Å². The van der Waals surface area contributed by atoms with E-state index in [2.05, 4.69) is 37.2 Å². The molecule has 0 aliphatic heterocycles. The van der Waals surface area contributed by atoms with Gasteiger partial charge in [-0.3, -0.25) is 4.55 Å². The van der Waals surface area contributed by atoms with Gasteiger partial charge in [-0.1, -0.05) is 0 Å². The van der Waals surface area contributed by atoms with Gasteiger partial charge < -0.3 is 11.5 Å². The van der Waals surface area contributed by atoms with Crippen molar-refractivity contribution in [3.05, 3.63) is 12.1 Å². The lowest BCUT2D eigenvalue weighted by Crippen LogP contribution is -1.99. The SMILES string of the molecule is CN.[2H]N=NCN=Nc1cc(S(=O)(=O)O)cc(N=N[2H])c1N. The van der Waals surface area contributed by atoms with Crippen LogP contribution in [0.5, 0.6) is 0 Å². The molecule has 0 saturated carbocycles. The number of hydrogen-bond acceptors (Lipinski definition) is 10. The van der Waals surface area contributed by atoms with Gasteiger partial charge in [0.2, 0.25) is 2.82 Å². The molecule has 0 spiro atoms. The number of anilines is 1. The van der Waals surface area contributed by atoms with E-state index in [0.717, 1.165) is 12.1 Å². The number of nitrogens with two attached hydrogens (primary N) is 2. The van der Waals surface area contributed by atoms with Crippen LogP contribution < -0.4 is 11.5 Å². The van der Waals surface area contributed by atoms with Gasteiger partial charge in [0.25, 0.3) is 10.1 Å². The molecule has 110 valence electrons. The van der Waals surface area contributed by atoms with E-state index in [-0.39, 0.29) is 23.7 Å². The van der Waals surface area contributed by atoms with Crippen LogP contribution in [-0.2, 0) is 10.1 Å². The molecule has 20 heavy (non-hydrogen) atoms. The third kappa shape index (κ3) is 4.75. The first kappa shape index (κ1) is 14.1. The van der Waals surface area contributed by atoms with E-state index in [0.29, 0.717) is 0 Å². The summed E-state index contributed by atoms with van der Waals surface area (Å²) in [5, 5.41) is 13.6. The van der Waals surface area contributed by atoms with Gasteiger partial charge in [-0.05, 0) is 19.2 Å². The van der Waals surface area contributed by atoms with Gasteiger partial charge in [-0.25, -0.2) is 11.0 Å². The van der Waals surface area contributed by atoms with Crippen LogP contribution in [0.3, 0.4) is 0 Å². The highest BCUT2D eigenvalue weighted by Crippen LogP contribution is 2.35. The molecule has 0 amide bonds. The van der Waals surface area contributed by atoms with Gasteiger partial charge in [0.15, 0.2) is 6.67 Å². The number of rotatable bonds is 5. The van der Waals surface area contributed by atoms with Crippen LogP contribution in [0.2, 0.25) is 2.82 Å². The highest BCUT2D eigenvalue weighted by Gasteiger charge is 2.15. The van der Waals surface area contributed by atoms with E-state index >= 15 is 0 Å². The van der Waals surface area contributed by atoms with Gasteiger partial charge >= 0.3 is 0 Å². The molecule has 11 nitrogen and oxygen atoms in total. The fourth-order valence-corrected chi connectivity index (χ4v) is 1.57. The first-order chi connectivity index (χ1) is 10.4. The van der Waals surface area contributed by atoms with E-state index in [1.54, 1.807) is 0 Å². The van der Waals surface area contributed by atoms with Gasteiger partial charge in [-0.15, -0.1) is 0 Å². The monoisotopic (exact) mass is 304 g/mol. The maximum absolute atomic E-state index is 11.1. The molecule has 0 aliphatic carbocycles. The molecular formula is C8H14N8O3S. The predicted molar refractivity (Wildman–Crippen MR) is 70.1 cm³/mol. The third-order valence-electron chi connectivity index (χ3n) is 1.82. The molecule has 0 fully saturated rings. The Balaban J connectivity index is 0.00000211. The second kappa shape index (κ2) is 7.98. The zero-order valence-electron chi connectivity index (χ0n) is 12.4. The summed E-state index contributed by atoms with van der Waals surface area (Å²) >= 11 is 0. The topological polar surface area (TPSA) is 204 Å². The lowest BCUT2D eigenvalue weighted by molar-refractivity contribution is 0.483. The van der Waals surface area contributed by atoms with Crippen molar-refractivity contribution < 1.29 is 15.8 Å². The molecule has 1 rings (SSSR count). The molecule has 0 bridgehead atoms. The summed E-state index contributed by atoms with van der Waals surface area (Å²) in [5.74, 6) is 0. The van der Waals surface area contributed by atoms with Crippen LogP contribution in [0.4, 0.5) is 17.1 Å². The van der Waals surface area contributed by atoms with Crippen LogP contribution in [0, 0.1) is 11.0 Å². The number of nitrogens with zero attached hydrogens (tertiary/aromatic N) is 4. The molecule has 1 aromatic carbocycles. The summed E-state index contributed by atoms with van der Waals surface area (Å²) in [6.45, 7) is -0.256. The largest absolute Gasteiger partial charge is 0.395 e. The highest BCUT2D eigenvalue weighted by atomic mass is 32.2. The van der Waals surface area contributed by atoms with Crippen molar-refractivity contribution in [2.45, 2.75) is 4.90 Å². The molecular weight excluding hydrogens is 288 g/mol. The Kier molecular flexibility index (Phi) is 5.63. The Morgan fingerprint density at radius 2 is 2.00 bits per heavy atom. The number of nitrogen functional groups attached to an aromatic ring is 1. The lowest BCUT2D eigenvalue weighted by Gasteiger charge is -2.05. The molecule has 0 aromatic heterocycles. The van der Waals surface area contributed by atoms with Gasteiger partial charge in [0.05, 0.1) is 10.6 Å². The van der Waals surface area contributed by atoms with Gasteiger partial charge in [0.1, 0.15) is 11.4 Å². The first-order valence-electron chi connectivity index (χ1n) is 5.81. The normalized spacial score (nSPS) is 13.3. The molecule has 7 N–H and O–H groups in total. The van der Waals surface area contributed by atoms with Crippen molar-refractivity contribution in [1.82, 2.24) is 0 Å². The Bertz CT molecular complexity index is 676. The second-order valence-corrected chi connectivity index (χ2v) is 4.40. The first-order valence-corrected chi connectivity index (χ1v) is 6.36. The van der Waals surface area contributed by atoms with Crippen LogP contribution in [-0.4, -0.2) is 26.7 Å². The van der Waals surface area contributed by atoms with E-state index in [9.17, 15) is 8.42 Å². The Morgan fingerprint density at radius 1 is 1.35 bits per heavy atom. The van der Waals surface area contributed by atoms with Crippen LogP contribution in [0.25, 0.3) is 0 Å². The maximum Gasteiger partial charge on any atom is 0.294 e. The van der Waals surface area contributed by atoms with Gasteiger partial charge in [-0.2, -0.15) is 28.9 Å². The lowest BCUT2D eigenvalue weighted by atomic mass is 10.2. The fourth-order valence-electron chi connectivity index (χ4n) is 1.05. The minimum Gasteiger partial charge on any atom is -0.395 e. The number of azo groups is 1. The van der Waals surface area contributed by atoms with Crippen LogP contribution in [0.15, 0.2) is 37.5 Å². The summed E-state index contributed by atoms with van der Waals surface area (Å²) in [4.78, 5) is -0.523. The molecule has 0 heterocycles. The molecule has 12 heteroatoms. The fraction of sp³-hybridized carbons (Fsp3) is 0.250. The van der Waals surface area contributed by atoms with Crippen molar-refractivity contribution in [3.8, 4) is 0 Å². The molecule has 0 aliphatic rings. The number of hydrogen-bond donors (Lipinski definition) is 5. The van der Waals surface area contributed by atoms with Crippen LogP contribution in [0.1, 0.15) is 0 Å². The molecule has 0 radical (unpaired) electrons. The van der Waals surface area contributed by atoms with Crippen molar-refractivity contribution in [3.63, 3.8) is 0 Å². The minimum absolute atomic E-state index is 0.0834. The Labute approximate surface area is 117 Å². The van der Waals surface area contributed by atoms with E-state index in [4.69, 9.17) is 13.1 Å². The average molecular weight is 304 g/mol. The summed E-state index contributed by atoms with van der Waals surface area (Å²) < 4.78 is 44.2. The average Bonchev–Trinajstić information content (AvgIpc) is 2.48. The Morgan fingerprint density at radius 3 is 2.55 bits per heavy atom. The summed E-state index contributed by atoms with van der Waals surface area (Å²) in [6, 6.07) is 1.90. The number of nitrogens with one attached hydrogen (secondary N) is 2. The molecule has 0 atom stereocenters. The maximum atomic E-state index is 11.1. The third-order valence-corrected chi connectivity index (χ3v) is 2.65. The Hall–Kier alpha value is -2.31. The van der Waals surface area contributed by atoms with E-state index in [1.165, 1.54) is 7.05 Å². The molecule has 0 saturated heterocycles. The standard InChI is InChI=1S/C7H9N7O3S.CH5N/c8-7-5(13-10)1-4(18(15,16)17)2-6(7)14-12-3-11-9;1-2/h1-2,9-10H,3,8H2,(H,15,16,17);2H2,1H3/i/hD2. The van der Waals surface area contributed by atoms with E-state index < -0.39 is 15.0 Å². The zero-order valence-corrected chi connectivity index (χ0v) is 11.2. The smallest absolute Gasteiger partial charge is 0.294 e. The molecule has 0 unspecified atom stereocenters. The van der Waals surface area contributed by atoms with Crippen molar-refractivity contribution >= 4 is 27.2 Å². The van der Waals surface area contributed by atoms with Crippen molar-refractivity contribution in [2.75, 3.05) is 19.5 Å².